The Hall–Kier alpha value is -2.33. The minimum atomic E-state index is -0.528. The summed E-state index contributed by atoms with van der Waals surface area (Å²) < 4.78 is 18.3. The molecule has 22 heavy (non-hydrogen) atoms. The standard InChI is InChI=1S/C17H15ClFNO2/c1-11-3-7-16(22-2)12(9-11)4-8-17(21)20-13-5-6-15(19)14(18)10-13/h3-10H,1-2H3,(H,20,21)/b8-4+. The number of ether oxygens (including phenoxy) is 1. The summed E-state index contributed by atoms with van der Waals surface area (Å²) in [5.74, 6) is -0.189. The van der Waals surface area contributed by atoms with Crippen molar-refractivity contribution in [1.29, 1.82) is 0 Å². The first-order valence-corrected chi connectivity index (χ1v) is 6.96. The van der Waals surface area contributed by atoms with Gasteiger partial charge in [-0.1, -0.05) is 23.2 Å². The van der Waals surface area contributed by atoms with Crippen molar-refractivity contribution in [2.75, 3.05) is 12.4 Å². The summed E-state index contributed by atoms with van der Waals surface area (Å²) in [6.45, 7) is 1.96. The van der Waals surface area contributed by atoms with E-state index in [9.17, 15) is 9.18 Å². The van der Waals surface area contributed by atoms with Gasteiger partial charge in [-0.3, -0.25) is 4.79 Å². The molecule has 2 rings (SSSR count). The monoisotopic (exact) mass is 319 g/mol. The molecule has 0 radical (unpaired) electrons. The predicted octanol–water partition coefficient (Wildman–Crippen LogP) is 4.45. The number of benzene rings is 2. The molecule has 0 heterocycles. The van der Waals surface area contributed by atoms with E-state index >= 15 is 0 Å². The minimum absolute atomic E-state index is 0.0397. The van der Waals surface area contributed by atoms with Crippen molar-refractivity contribution in [2.24, 2.45) is 0 Å². The summed E-state index contributed by atoms with van der Waals surface area (Å²) in [4.78, 5) is 11.9. The maximum atomic E-state index is 13.1. The molecule has 114 valence electrons. The van der Waals surface area contributed by atoms with Gasteiger partial charge in [0.15, 0.2) is 0 Å². The number of hydrogen-bond acceptors (Lipinski definition) is 2. The van der Waals surface area contributed by atoms with Crippen LogP contribution in [0.4, 0.5) is 10.1 Å². The Labute approximate surface area is 133 Å². The summed E-state index contributed by atoms with van der Waals surface area (Å²) >= 11 is 5.67. The van der Waals surface area contributed by atoms with Crippen molar-refractivity contribution in [3.63, 3.8) is 0 Å². The molecule has 0 aliphatic heterocycles. The molecule has 1 amide bonds. The number of halogens is 2. The third-order valence-electron chi connectivity index (χ3n) is 2.99. The fourth-order valence-corrected chi connectivity index (χ4v) is 2.09. The van der Waals surface area contributed by atoms with Gasteiger partial charge in [-0.2, -0.15) is 0 Å². The molecule has 0 saturated carbocycles. The Balaban J connectivity index is 2.11. The number of anilines is 1. The highest BCUT2D eigenvalue weighted by Gasteiger charge is 2.04. The highest BCUT2D eigenvalue weighted by atomic mass is 35.5. The lowest BCUT2D eigenvalue weighted by Crippen LogP contribution is -2.07. The van der Waals surface area contributed by atoms with Gasteiger partial charge in [0.05, 0.1) is 12.1 Å². The molecule has 0 aliphatic carbocycles. The Kier molecular flexibility index (Phi) is 5.17. The van der Waals surface area contributed by atoms with Crippen molar-refractivity contribution < 1.29 is 13.9 Å². The highest BCUT2D eigenvalue weighted by Crippen LogP contribution is 2.22. The number of aryl methyl sites for hydroxylation is 1. The first-order valence-electron chi connectivity index (χ1n) is 6.58. The van der Waals surface area contributed by atoms with Crippen LogP contribution in [0.3, 0.4) is 0 Å². The smallest absolute Gasteiger partial charge is 0.248 e. The van der Waals surface area contributed by atoms with Crippen molar-refractivity contribution in [1.82, 2.24) is 0 Å². The van der Waals surface area contributed by atoms with Gasteiger partial charge in [0.25, 0.3) is 0 Å². The molecule has 0 atom stereocenters. The van der Waals surface area contributed by atoms with Gasteiger partial charge in [0.2, 0.25) is 5.91 Å². The van der Waals surface area contributed by atoms with Gasteiger partial charge >= 0.3 is 0 Å². The van der Waals surface area contributed by atoms with E-state index in [0.717, 1.165) is 11.1 Å². The van der Waals surface area contributed by atoms with E-state index in [4.69, 9.17) is 16.3 Å². The zero-order chi connectivity index (χ0) is 16.1. The molecular formula is C17H15ClFNO2. The van der Waals surface area contributed by atoms with Gasteiger partial charge in [0, 0.05) is 17.3 Å². The van der Waals surface area contributed by atoms with E-state index in [0.29, 0.717) is 11.4 Å². The van der Waals surface area contributed by atoms with E-state index in [-0.39, 0.29) is 10.9 Å². The first-order chi connectivity index (χ1) is 10.5. The van der Waals surface area contributed by atoms with E-state index in [1.807, 2.05) is 25.1 Å². The lowest BCUT2D eigenvalue weighted by Gasteiger charge is -2.06. The summed E-state index contributed by atoms with van der Waals surface area (Å²) in [7, 11) is 1.57. The van der Waals surface area contributed by atoms with E-state index < -0.39 is 5.82 Å². The number of carbonyl (C=O) groups excluding carboxylic acids is 1. The van der Waals surface area contributed by atoms with Crippen LogP contribution in [0.1, 0.15) is 11.1 Å². The topological polar surface area (TPSA) is 38.3 Å². The number of amides is 1. The fourth-order valence-electron chi connectivity index (χ4n) is 1.91. The Morgan fingerprint density at radius 3 is 2.73 bits per heavy atom. The molecule has 2 aromatic carbocycles. The number of nitrogens with one attached hydrogen (secondary N) is 1. The third-order valence-corrected chi connectivity index (χ3v) is 3.28. The maximum absolute atomic E-state index is 13.1. The fraction of sp³-hybridized carbons (Fsp3) is 0.118. The van der Waals surface area contributed by atoms with Gasteiger partial charge in [-0.15, -0.1) is 0 Å². The van der Waals surface area contributed by atoms with Crippen LogP contribution in [-0.2, 0) is 4.79 Å². The van der Waals surface area contributed by atoms with E-state index in [2.05, 4.69) is 5.32 Å². The lowest BCUT2D eigenvalue weighted by molar-refractivity contribution is -0.111. The number of hydrogen-bond donors (Lipinski definition) is 1. The first kappa shape index (κ1) is 16.0. The van der Waals surface area contributed by atoms with Crippen LogP contribution in [0.2, 0.25) is 5.02 Å². The molecule has 0 bridgehead atoms. The highest BCUT2D eigenvalue weighted by molar-refractivity contribution is 6.31. The van der Waals surface area contributed by atoms with Crippen molar-refractivity contribution in [3.05, 3.63) is 64.4 Å². The summed E-state index contributed by atoms with van der Waals surface area (Å²) in [6.07, 6.45) is 3.04. The molecule has 0 unspecified atom stereocenters. The summed E-state index contributed by atoms with van der Waals surface area (Å²) in [5, 5.41) is 2.57. The van der Waals surface area contributed by atoms with Crippen LogP contribution in [0.15, 0.2) is 42.5 Å². The average molecular weight is 320 g/mol. The Morgan fingerprint density at radius 1 is 1.27 bits per heavy atom. The molecule has 2 aromatic rings. The molecule has 0 saturated heterocycles. The second-order valence-corrected chi connectivity index (χ2v) is 5.10. The third kappa shape index (κ3) is 4.09. The molecule has 3 nitrogen and oxygen atoms in total. The largest absolute Gasteiger partial charge is 0.496 e. The van der Waals surface area contributed by atoms with Gasteiger partial charge < -0.3 is 10.1 Å². The second kappa shape index (κ2) is 7.09. The molecule has 0 aromatic heterocycles. The zero-order valence-electron chi connectivity index (χ0n) is 12.2. The van der Waals surface area contributed by atoms with E-state index in [1.54, 1.807) is 13.2 Å². The lowest BCUT2D eigenvalue weighted by atomic mass is 10.1. The minimum Gasteiger partial charge on any atom is -0.496 e. The van der Waals surface area contributed by atoms with Crippen LogP contribution < -0.4 is 10.1 Å². The molecule has 5 heteroatoms. The molecule has 0 aliphatic rings. The predicted molar refractivity (Wildman–Crippen MR) is 86.8 cm³/mol. The Morgan fingerprint density at radius 2 is 2.05 bits per heavy atom. The normalized spacial score (nSPS) is 10.7. The van der Waals surface area contributed by atoms with E-state index in [1.165, 1.54) is 24.3 Å². The summed E-state index contributed by atoms with van der Waals surface area (Å²) in [6, 6.07) is 9.68. The van der Waals surface area contributed by atoms with Gasteiger partial charge in [-0.25, -0.2) is 4.39 Å². The number of rotatable bonds is 4. The molecular weight excluding hydrogens is 305 g/mol. The van der Waals surface area contributed by atoms with Crippen LogP contribution >= 0.6 is 11.6 Å². The van der Waals surface area contributed by atoms with Crippen LogP contribution in [0.5, 0.6) is 5.75 Å². The van der Waals surface area contributed by atoms with Crippen LogP contribution in [0, 0.1) is 12.7 Å². The SMILES string of the molecule is COc1ccc(C)cc1/C=C/C(=O)Nc1ccc(F)c(Cl)c1. The van der Waals surface area contributed by atoms with Crippen LogP contribution in [-0.4, -0.2) is 13.0 Å². The van der Waals surface area contributed by atoms with Crippen LogP contribution in [0.25, 0.3) is 6.08 Å². The molecule has 1 N–H and O–H groups in total. The van der Waals surface area contributed by atoms with Gasteiger partial charge in [-0.05, 0) is 43.3 Å². The Bertz CT molecular complexity index is 729. The summed E-state index contributed by atoms with van der Waals surface area (Å²) in [5.41, 5.74) is 2.29. The molecule has 0 fully saturated rings. The average Bonchev–Trinajstić information content (AvgIpc) is 2.49. The number of carbonyl (C=O) groups is 1. The van der Waals surface area contributed by atoms with Gasteiger partial charge in [0.1, 0.15) is 11.6 Å². The quantitative estimate of drug-likeness (QED) is 0.846. The zero-order valence-corrected chi connectivity index (χ0v) is 12.9. The maximum Gasteiger partial charge on any atom is 0.248 e. The molecule has 0 spiro atoms. The second-order valence-electron chi connectivity index (χ2n) is 4.70. The van der Waals surface area contributed by atoms with Crippen molar-refractivity contribution in [3.8, 4) is 5.75 Å². The van der Waals surface area contributed by atoms with Crippen molar-refractivity contribution >= 4 is 29.3 Å². The number of methoxy groups -OCH3 is 1. The van der Waals surface area contributed by atoms with Crippen molar-refractivity contribution in [2.45, 2.75) is 6.92 Å².